The summed E-state index contributed by atoms with van der Waals surface area (Å²) in [5, 5.41) is 8.86. The largest absolute Gasteiger partial charge is 0.236 e. The van der Waals surface area contributed by atoms with Gasteiger partial charge in [-0.2, -0.15) is 5.26 Å². The molecule has 1 aliphatic rings. The number of nitriles is 1. The molecule has 0 atom stereocenters. The maximum Gasteiger partial charge on any atom is 0.159 e. The zero-order valence-electron chi connectivity index (χ0n) is 17.3. The van der Waals surface area contributed by atoms with Gasteiger partial charge in [0, 0.05) is 23.5 Å². The molecule has 152 valence electrons. The van der Waals surface area contributed by atoms with Crippen molar-refractivity contribution >= 4 is 0 Å². The van der Waals surface area contributed by atoms with Gasteiger partial charge in [-0.25, -0.2) is 14.4 Å². The molecule has 0 amide bonds. The topological polar surface area (TPSA) is 49.6 Å². The lowest BCUT2D eigenvalue weighted by atomic mass is 9.77. The summed E-state index contributed by atoms with van der Waals surface area (Å²) >= 11 is 0. The summed E-state index contributed by atoms with van der Waals surface area (Å²) in [5.41, 5.74) is 4.03. The zero-order chi connectivity index (χ0) is 20.9. The molecule has 0 N–H and O–H groups in total. The number of halogens is 1. The van der Waals surface area contributed by atoms with Crippen molar-refractivity contribution in [3.8, 4) is 28.6 Å². The molecule has 1 aliphatic carbocycles. The van der Waals surface area contributed by atoms with E-state index in [0.717, 1.165) is 17.0 Å². The van der Waals surface area contributed by atoms with Crippen LogP contribution in [0.15, 0.2) is 54.9 Å². The molecule has 0 saturated heterocycles. The average molecular weight is 400 g/mol. The highest BCUT2D eigenvalue weighted by Gasteiger charge is 2.21. The molecule has 0 spiro atoms. The monoisotopic (exact) mass is 399 g/mol. The van der Waals surface area contributed by atoms with E-state index in [-0.39, 0.29) is 5.56 Å². The van der Waals surface area contributed by atoms with E-state index < -0.39 is 5.82 Å². The zero-order valence-corrected chi connectivity index (χ0v) is 17.3. The minimum absolute atomic E-state index is 0.0225. The first-order valence-electron chi connectivity index (χ1n) is 10.8. The van der Waals surface area contributed by atoms with Gasteiger partial charge in [-0.05, 0) is 66.8 Å². The third kappa shape index (κ3) is 4.41. The fraction of sp³-hybridized carbons (Fsp3) is 0.346. The molecule has 3 nitrogen and oxygen atoms in total. The molecule has 1 heterocycles. The maximum absolute atomic E-state index is 13.9. The molecule has 0 radical (unpaired) electrons. The molecule has 1 aromatic heterocycles. The van der Waals surface area contributed by atoms with E-state index >= 15 is 0 Å². The van der Waals surface area contributed by atoms with Crippen molar-refractivity contribution in [2.75, 3.05) is 0 Å². The van der Waals surface area contributed by atoms with Crippen LogP contribution in [0.25, 0.3) is 22.5 Å². The van der Waals surface area contributed by atoms with Gasteiger partial charge in [0.1, 0.15) is 11.9 Å². The summed E-state index contributed by atoms with van der Waals surface area (Å²) < 4.78 is 13.9. The lowest BCUT2D eigenvalue weighted by Crippen LogP contribution is -2.13. The number of benzene rings is 2. The Labute approximate surface area is 177 Å². The number of rotatable bonds is 5. The lowest BCUT2D eigenvalue weighted by molar-refractivity contribution is 0.308. The predicted octanol–water partition coefficient (Wildman–Crippen LogP) is 6.90. The second kappa shape index (κ2) is 9.17. The molecule has 0 unspecified atom stereocenters. The molecule has 1 saturated carbocycles. The first kappa shape index (κ1) is 20.2. The third-order valence-electron chi connectivity index (χ3n) is 6.26. The summed E-state index contributed by atoms with van der Waals surface area (Å²) in [6.07, 6.45) is 11.5. The summed E-state index contributed by atoms with van der Waals surface area (Å²) in [5.74, 6) is 1.49. The van der Waals surface area contributed by atoms with E-state index in [0.29, 0.717) is 17.3 Å². The smallest absolute Gasteiger partial charge is 0.159 e. The van der Waals surface area contributed by atoms with Gasteiger partial charge >= 0.3 is 0 Å². The highest BCUT2D eigenvalue weighted by atomic mass is 19.1. The Morgan fingerprint density at radius 3 is 2.20 bits per heavy atom. The molecular formula is C26H26FN3. The Kier molecular flexibility index (Phi) is 6.18. The van der Waals surface area contributed by atoms with Gasteiger partial charge in [-0.1, -0.05) is 44.0 Å². The standard InChI is InChI=1S/C26H26FN3/c1-2-3-18-4-6-19(7-5-18)20-8-10-21(11-9-20)24-16-29-26(30-17-24)22-12-13-23(15-28)25(27)14-22/h8-14,16-19H,2-7H2,1H3/t18-,19-. The van der Waals surface area contributed by atoms with Gasteiger partial charge in [0.05, 0.1) is 5.56 Å². The van der Waals surface area contributed by atoms with E-state index in [9.17, 15) is 4.39 Å². The maximum atomic E-state index is 13.9. The first-order valence-corrected chi connectivity index (χ1v) is 10.8. The van der Waals surface area contributed by atoms with Crippen LogP contribution >= 0.6 is 0 Å². The van der Waals surface area contributed by atoms with E-state index in [1.54, 1.807) is 18.5 Å². The quantitative estimate of drug-likeness (QED) is 0.469. The lowest BCUT2D eigenvalue weighted by Gasteiger charge is -2.28. The summed E-state index contributed by atoms with van der Waals surface area (Å²) in [4.78, 5) is 8.80. The summed E-state index contributed by atoms with van der Waals surface area (Å²) in [6.45, 7) is 2.28. The van der Waals surface area contributed by atoms with E-state index in [4.69, 9.17) is 5.26 Å². The van der Waals surface area contributed by atoms with Crippen LogP contribution in [0.2, 0.25) is 0 Å². The molecule has 2 aromatic carbocycles. The van der Waals surface area contributed by atoms with Crippen LogP contribution < -0.4 is 0 Å². The number of hydrogen-bond donors (Lipinski definition) is 0. The van der Waals surface area contributed by atoms with Gasteiger partial charge in [-0.15, -0.1) is 0 Å². The Balaban J connectivity index is 1.45. The minimum atomic E-state index is -0.554. The Bertz CT molecular complexity index is 1030. The van der Waals surface area contributed by atoms with Crippen LogP contribution in [0, 0.1) is 23.1 Å². The molecule has 4 heteroatoms. The molecule has 30 heavy (non-hydrogen) atoms. The first-order chi connectivity index (χ1) is 14.7. The highest BCUT2D eigenvalue weighted by Crippen LogP contribution is 2.38. The fourth-order valence-electron chi connectivity index (χ4n) is 4.51. The predicted molar refractivity (Wildman–Crippen MR) is 117 cm³/mol. The van der Waals surface area contributed by atoms with Crippen molar-refractivity contribution in [1.82, 2.24) is 9.97 Å². The Morgan fingerprint density at radius 2 is 1.60 bits per heavy atom. The summed E-state index contributed by atoms with van der Waals surface area (Å²) in [7, 11) is 0. The van der Waals surface area contributed by atoms with Crippen molar-refractivity contribution in [2.45, 2.75) is 51.4 Å². The highest BCUT2D eigenvalue weighted by molar-refractivity contribution is 5.64. The van der Waals surface area contributed by atoms with E-state index in [1.807, 2.05) is 6.07 Å². The van der Waals surface area contributed by atoms with Crippen LogP contribution in [0.5, 0.6) is 0 Å². The molecule has 0 bridgehead atoms. The molecule has 4 rings (SSSR count). The second-order valence-electron chi connectivity index (χ2n) is 8.23. The van der Waals surface area contributed by atoms with Crippen LogP contribution in [0.3, 0.4) is 0 Å². The number of nitrogens with zero attached hydrogens (tertiary/aromatic N) is 3. The minimum Gasteiger partial charge on any atom is -0.236 e. The van der Waals surface area contributed by atoms with Crippen molar-refractivity contribution in [1.29, 1.82) is 5.26 Å². The van der Waals surface area contributed by atoms with Gasteiger partial charge in [0.25, 0.3) is 0 Å². The van der Waals surface area contributed by atoms with Crippen molar-refractivity contribution in [2.24, 2.45) is 5.92 Å². The van der Waals surface area contributed by atoms with Crippen molar-refractivity contribution < 1.29 is 4.39 Å². The number of aromatic nitrogens is 2. The number of hydrogen-bond acceptors (Lipinski definition) is 3. The van der Waals surface area contributed by atoms with Crippen LogP contribution in [-0.4, -0.2) is 9.97 Å². The molecule has 1 fully saturated rings. The summed E-state index contributed by atoms with van der Waals surface area (Å²) in [6, 6.07) is 15.0. The van der Waals surface area contributed by atoms with Gasteiger partial charge in [0.15, 0.2) is 5.82 Å². The molecule has 0 aliphatic heterocycles. The second-order valence-corrected chi connectivity index (χ2v) is 8.23. The molecule has 3 aromatic rings. The third-order valence-corrected chi connectivity index (χ3v) is 6.26. The average Bonchev–Trinajstić information content (AvgIpc) is 2.80. The van der Waals surface area contributed by atoms with E-state index in [2.05, 4.69) is 41.2 Å². The fourth-order valence-corrected chi connectivity index (χ4v) is 4.51. The van der Waals surface area contributed by atoms with Gasteiger partial charge < -0.3 is 0 Å². The molecular weight excluding hydrogens is 373 g/mol. The Morgan fingerprint density at radius 1 is 0.933 bits per heavy atom. The van der Waals surface area contributed by atoms with Crippen molar-refractivity contribution in [3.63, 3.8) is 0 Å². The van der Waals surface area contributed by atoms with Gasteiger partial charge in [0.2, 0.25) is 0 Å². The normalized spacial score (nSPS) is 18.7. The van der Waals surface area contributed by atoms with Gasteiger partial charge in [-0.3, -0.25) is 0 Å². The van der Waals surface area contributed by atoms with Crippen LogP contribution in [0.1, 0.15) is 62.5 Å². The van der Waals surface area contributed by atoms with Crippen LogP contribution in [-0.2, 0) is 0 Å². The SMILES string of the molecule is CCC[C@H]1CC[C@H](c2ccc(-c3cnc(-c4ccc(C#N)c(F)c4)nc3)cc2)CC1. The van der Waals surface area contributed by atoms with E-state index in [1.165, 1.54) is 56.2 Å². The van der Waals surface area contributed by atoms with Crippen molar-refractivity contribution in [3.05, 3.63) is 71.8 Å². The van der Waals surface area contributed by atoms with Crippen LogP contribution in [0.4, 0.5) is 4.39 Å². The Hall–Kier alpha value is -3.06.